The minimum Gasteiger partial charge on any atom is -0.383 e. The molecule has 2 aromatic heterocycles. The largest absolute Gasteiger partial charge is 0.383 e. The quantitative estimate of drug-likeness (QED) is 0.416. The fourth-order valence-corrected chi connectivity index (χ4v) is 4.74. The van der Waals surface area contributed by atoms with Gasteiger partial charge in [-0.3, -0.25) is 0 Å². The van der Waals surface area contributed by atoms with E-state index in [-0.39, 0.29) is 11.8 Å². The van der Waals surface area contributed by atoms with Crippen molar-refractivity contribution in [3.8, 4) is 11.5 Å². The number of aryl methyl sites for hydroxylation is 1. The molecule has 0 unspecified atom stereocenters. The first-order valence-corrected chi connectivity index (χ1v) is 11.7. The molecule has 0 radical (unpaired) electrons. The number of ether oxygens (including phenoxy) is 1. The highest BCUT2D eigenvalue weighted by atomic mass is 19.1. The van der Waals surface area contributed by atoms with Crippen LogP contribution in [0.25, 0.3) is 11.5 Å². The summed E-state index contributed by atoms with van der Waals surface area (Å²) >= 11 is 0. The van der Waals surface area contributed by atoms with Gasteiger partial charge in [-0.25, -0.2) is 13.9 Å². The fourth-order valence-electron chi connectivity index (χ4n) is 4.74. The van der Waals surface area contributed by atoms with Crippen LogP contribution in [0.3, 0.4) is 0 Å². The van der Waals surface area contributed by atoms with Gasteiger partial charge in [0.25, 0.3) is 0 Å². The number of amides is 2. The van der Waals surface area contributed by atoms with E-state index >= 15 is 0 Å². The molecule has 5 rings (SSSR count). The number of para-hydroxylation sites is 1. The average molecular weight is 474 g/mol. The highest BCUT2D eigenvalue weighted by Gasteiger charge is 2.36. The Morgan fingerprint density at radius 3 is 2.71 bits per heavy atom. The van der Waals surface area contributed by atoms with Crippen LogP contribution in [0.15, 0.2) is 72.9 Å². The molecule has 3 heterocycles. The molecule has 180 valence electrons. The predicted octanol–water partition coefficient (Wildman–Crippen LogP) is 4.63. The molecule has 2 aromatic carbocycles. The molecule has 0 bridgehead atoms. The van der Waals surface area contributed by atoms with Gasteiger partial charge < -0.3 is 19.5 Å². The standard InChI is InChI=1S/C27H28FN5O2/c1-3-23-22-18-32(27(34)29-14-16-35-2)25(19-9-7-10-20(28)17-19)24-13-8-15-31(24)26(22)33(30-23)21-11-5-4-6-12-21/h4-13,15,17,25H,3,14,16,18H2,1-2H3,(H,29,34)/t25-/m0/s1. The number of hydrogen-bond acceptors (Lipinski definition) is 3. The van der Waals surface area contributed by atoms with Gasteiger partial charge in [0.2, 0.25) is 0 Å². The van der Waals surface area contributed by atoms with Crippen molar-refractivity contribution in [3.63, 3.8) is 0 Å². The lowest BCUT2D eigenvalue weighted by atomic mass is 10.0. The number of rotatable bonds is 6. The number of carbonyl (C=O) groups excluding carboxylic acids is 1. The smallest absolute Gasteiger partial charge is 0.318 e. The van der Waals surface area contributed by atoms with Crippen LogP contribution in [-0.2, 0) is 17.7 Å². The molecule has 1 aliphatic rings. The van der Waals surface area contributed by atoms with Crippen LogP contribution >= 0.6 is 0 Å². The monoisotopic (exact) mass is 473 g/mol. The number of carbonyl (C=O) groups is 1. The van der Waals surface area contributed by atoms with Crippen molar-refractivity contribution in [2.24, 2.45) is 0 Å². The van der Waals surface area contributed by atoms with Crippen molar-refractivity contribution >= 4 is 6.03 Å². The summed E-state index contributed by atoms with van der Waals surface area (Å²) in [4.78, 5) is 15.3. The van der Waals surface area contributed by atoms with Crippen LogP contribution in [0.4, 0.5) is 9.18 Å². The maximum Gasteiger partial charge on any atom is 0.318 e. The molecule has 35 heavy (non-hydrogen) atoms. The summed E-state index contributed by atoms with van der Waals surface area (Å²) < 4.78 is 23.5. The molecule has 2 amide bonds. The number of hydrogen-bond donors (Lipinski definition) is 1. The van der Waals surface area contributed by atoms with E-state index in [1.165, 1.54) is 12.1 Å². The Bertz CT molecular complexity index is 1330. The molecule has 4 aromatic rings. The molecular formula is C27H28FN5O2. The number of fused-ring (bicyclic) bond motifs is 3. The van der Waals surface area contributed by atoms with E-state index in [2.05, 4.69) is 16.8 Å². The van der Waals surface area contributed by atoms with Crippen molar-refractivity contribution in [1.29, 1.82) is 0 Å². The van der Waals surface area contributed by atoms with Crippen molar-refractivity contribution in [1.82, 2.24) is 24.6 Å². The molecule has 0 saturated heterocycles. The first kappa shape index (κ1) is 22.9. The minimum atomic E-state index is -0.496. The number of halogens is 1. The first-order valence-electron chi connectivity index (χ1n) is 11.7. The lowest BCUT2D eigenvalue weighted by molar-refractivity contribution is 0.168. The van der Waals surface area contributed by atoms with Gasteiger partial charge in [-0.05, 0) is 48.4 Å². The third kappa shape index (κ3) is 4.21. The summed E-state index contributed by atoms with van der Waals surface area (Å²) in [6.07, 6.45) is 2.69. The van der Waals surface area contributed by atoms with Crippen molar-refractivity contribution < 1.29 is 13.9 Å². The Morgan fingerprint density at radius 2 is 1.97 bits per heavy atom. The van der Waals surface area contributed by atoms with E-state index in [9.17, 15) is 9.18 Å². The lowest BCUT2D eigenvalue weighted by Gasteiger charge is -2.31. The Morgan fingerprint density at radius 1 is 1.14 bits per heavy atom. The van der Waals surface area contributed by atoms with Gasteiger partial charge in [0, 0.05) is 25.4 Å². The summed E-state index contributed by atoms with van der Waals surface area (Å²) in [6.45, 7) is 3.16. The van der Waals surface area contributed by atoms with Gasteiger partial charge in [0.1, 0.15) is 11.6 Å². The van der Waals surface area contributed by atoms with Crippen LogP contribution in [0, 0.1) is 5.82 Å². The molecule has 1 aliphatic heterocycles. The zero-order chi connectivity index (χ0) is 24.4. The molecule has 0 fully saturated rings. The molecule has 7 nitrogen and oxygen atoms in total. The Hall–Kier alpha value is -3.91. The molecular weight excluding hydrogens is 445 g/mol. The normalized spacial score (nSPS) is 14.8. The van der Waals surface area contributed by atoms with E-state index in [1.807, 2.05) is 59.4 Å². The minimum absolute atomic E-state index is 0.244. The van der Waals surface area contributed by atoms with E-state index in [0.717, 1.165) is 28.5 Å². The van der Waals surface area contributed by atoms with Gasteiger partial charge in [0.15, 0.2) is 0 Å². The fraction of sp³-hybridized carbons (Fsp3) is 0.259. The summed E-state index contributed by atoms with van der Waals surface area (Å²) in [5.74, 6) is 0.550. The zero-order valence-electron chi connectivity index (χ0n) is 19.8. The summed E-state index contributed by atoms with van der Waals surface area (Å²) in [7, 11) is 1.60. The number of methoxy groups -OCH3 is 1. The third-order valence-electron chi connectivity index (χ3n) is 6.31. The van der Waals surface area contributed by atoms with Crippen molar-refractivity contribution in [2.75, 3.05) is 20.3 Å². The van der Waals surface area contributed by atoms with Gasteiger partial charge in [0.05, 0.1) is 36.3 Å². The Balaban J connectivity index is 1.72. The molecule has 1 atom stereocenters. The second kappa shape index (κ2) is 9.76. The zero-order valence-corrected chi connectivity index (χ0v) is 19.8. The average Bonchev–Trinajstić information content (AvgIpc) is 3.45. The first-order chi connectivity index (χ1) is 17.1. The highest BCUT2D eigenvalue weighted by molar-refractivity contribution is 5.76. The number of nitrogens with one attached hydrogen (secondary N) is 1. The summed E-state index contributed by atoms with van der Waals surface area (Å²) in [6, 6.07) is 19.6. The molecule has 0 saturated carbocycles. The topological polar surface area (TPSA) is 64.3 Å². The second-order valence-corrected chi connectivity index (χ2v) is 8.46. The SMILES string of the molecule is CCc1nn(-c2ccccc2)c2c1CN(C(=O)NCCOC)[C@@H](c1cccc(F)c1)c1cccn1-2. The van der Waals surface area contributed by atoms with Crippen molar-refractivity contribution in [2.45, 2.75) is 25.9 Å². The Labute approximate surface area is 203 Å². The van der Waals surface area contributed by atoms with Crippen LogP contribution in [0.1, 0.15) is 35.5 Å². The number of aromatic nitrogens is 3. The van der Waals surface area contributed by atoms with E-state index in [4.69, 9.17) is 9.84 Å². The third-order valence-corrected chi connectivity index (χ3v) is 6.31. The van der Waals surface area contributed by atoms with Crippen molar-refractivity contribution in [3.05, 3.63) is 101 Å². The lowest BCUT2D eigenvalue weighted by Crippen LogP contribution is -2.43. The van der Waals surface area contributed by atoms with E-state index in [0.29, 0.717) is 31.7 Å². The maximum atomic E-state index is 14.4. The van der Waals surface area contributed by atoms with Gasteiger partial charge >= 0.3 is 6.03 Å². The number of nitrogens with zero attached hydrogens (tertiary/aromatic N) is 4. The predicted molar refractivity (Wildman–Crippen MR) is 131 cm³/mol. The second-order valence-electron chi connectivity index (χ2n) is 8.46. The summed E-state index contributed by atoms with van der Waals surface area (Å²) in [5.41, 5.74) is 4.38. The van der Waals surface area contributed by atoms with E-state index in [1.54, 1.807) is 18.1 Å². The molecule has 0 aliphatic carbocycles. The van der Waals surface area contributed by atoms with Gasteiger partial charge in [-0.15, -0.1) is 0 Å². The van der Waals surface area contributed by atoms with Crippen LogP contribution in [-0.4, -0.2) is 45.5 Å². The van der Waals surface area contributed by atoms with Crippen LogP contribution in [0.2, 0.25) is 0 Å². The summed E-state index contributed by atoms with van der Waals surface area (Å²) in [5, 5.41) is 7.90. The maximum absolute atomic E-state index is 14.4. The highest BCUT2D eigenvalue weighted by Crippen LogP contribution is 2.38. The van der Waals surface area contributed by atoms with Crippen LogP contribution < -0.4 is 5.32 Å². The molecule has 1 N–H and O–H groups in total. The molecule has 0 spiro atoms. The Kier molecular flexibility index (Phi) is 6.37. The van der Waals surface area contributed by atoms with E-state index < -0.39 is 6.04 Å². The van der Waals surface area contributed by atoms with Gasteiger partial charge in [-0.1, -0.05) is 37.3 Å². The number of urea groups is 1. The number of benzene rings is 2. The van der Waals surface area contributed by atoms with Gasteiger partial charge in [-0.2, -0.15) is 5.10 Å². The molecule has 8 heteroatoms. The van der Waals surface area contributed by atoms with Crippen LogP contribution in [0.5, 0.6) is 0 Å².